The van der Waals surface area contributed by atoms with Gasteiger partial charge in [0, 0.05) is 30.2 Å². The van der Waals surface area contributed by atoms with Crippen LogP contribution in [0.1, 0.15) is 12.8 Å². The van der Waals surface area contributed by atoms with Crippen LogP contribution in [0, 0.1) is 5.92 Å². The number of rotatable bonds is 3. The molecule has 2 aromatic heterocycles. The van der Waals surface area contributed by atoms with Crippen molar-refractivity contribution < 1.29 is 0 Å². The molecule has 2 aromatic rings. The van der Waals surface area contributed by atoms with Crippen molar-refractivity contribution in [3.63, 3.8) is 0 Å². The molecule has 5 heteroatoms. The summed E-state index contributed by atoms with van der Waals surface area (Å²) in [5.74, 6) is 3.32. The summed E-state index contributed by atoms with van der Waals surface area (Å²) in [4.78, 5) is 8.44. The first-order chi connectivity index (χ1) is 9.34. The third-order valence-corrected chi connectivity index (χ3v) is 4.69. The number of nitrogen functional groups attached to an aromatic ring is 1. The summed E-state index contributed by atoms with van der Waals surface area (Å²) in [5.41, 5.74) is 8.84. The lowest BCUT2D eigenvalue weighted by Crippen LogP contribution is -2.16. The van der Waals surface area contributed by atoms with E-state index in [2.05, 4.69) is 26.3 Å². The van der Waals surface area contributed by atoms with Gasteiger partial charge in [-0.05, 0) is 36.3 Å². The number of nitrogens with zero attached hydrogens (tertiary/aromatic N) is 3. The van der Waals surface area contributed by atoms with Gasteiger partial charge in [0.2, 0.25) is 0 Å². The molecule has 19 heavy (non-hydrogen) atoms. The monoisotopic (exact) mass is 274 g/mol. The quantitative estimate of drug-likeness (QED) is 0.935. The number of hydrogen-bond acceptors (Lipinski definition) is 4. The largest absolute Gasteiger partial charge is 0.398 e. The molecular weight excluding hydrogens is 256 g/mol. The second-order valence-electron chi connectivity index (χ2n) is 4.95. The molecule has 4 nitrogen and oxygen atoms in total. The van der Waals surface area contributed by atoms with E-state index in [4.69, 9.17) is 5.73 Å². The molecular formula is C14H18N4S. The molecule has 0 bridgehead atoms. The van der Waals surface area contributed by atoms with Crippen molar-refractivity contribution in [2.45, 2.75) is 19.4 Å². The van der Waals surface area contributed by atoms with E-state index in [1.807, 2.05) is 24.8 Å². The SMILES string of the molecule is Nc1ccncc1-c1cncn1CC1CCSCC1. The van der Waals surface area contributed by atoms with Crippen LogP contribution in [0.4, 0.5) is 5.69 Å². The lowest BCUT2D eigenvalue weighted by Gasteiger charge is -2.22. The van der Waals surface area contributed by atoms with E-state index in [1.54, 1.807) is 6.20 Å². The van der Waals surface area contributed by atoms with Crippen LogP contribution in [0.15, 0.2) is 31.0 Å². The fraction of sp³-hybridized carbons (Fsp3) is 0.429. The van der Waals surface area contributed by atoms with Gasteiger partial charge in [-0.2, -0.15) is 11.8 Å². The third-order valence-electron chi connectivity index (χ3n) is 3.64. The van der Waals surface area contributed by atoms with Crippen molar-refractivity contribution in [1.29, 1.82) is 0 Å². The molecule has 0 radical (unpaired) electrons. The first-order valence-corrected chi connectivity index (χ1v) is 7.78. The fourth-order valence-corrected chi connectivity index (χ4v) is 3.72. The van der Waals surface area contributed by atoms with Crippen LogP contribution in [0.3, 0.4) is 0 Å². The Morgan fingerprint density at radius 2 is 2.11 bits per heavy atom. The standard InChI is InChI=1S/C14H18N4S/c15-13-1-4-16-7-12(13)14-8-17-10-18(14)9-11-2-5-19-6-3-11/h1,4,7-8,10-11H,2-3,5-6,9H2,(H2,15,16). The highest BCUT2D eigenvalue weighted by atomic mass is 32.2. The van der Waals surface area contributed by atoms with Crippen LogP contribution in [0.5, 0.6) is 0 Å². The van der Waals surface area contributed by atoms with Gasteiger partial charge in [0.25, 0.3) is 0 Å². The zero-order valence-corrected chi connectivity index (χ0v) is 11.6. The predicted molar refractivity (Wildman–Crippen MR) is 79.9 cm³/mol. The van der Waals surface area contributed by atoms with Crippen molar-refractivity contribution in [2.75, 3.05) is 17.2 Å². The summed E-state index contributed by atoms with van der Waals surface area (Å²) in [6.07, 6.45) is 9.92. The highest BCUT2D eigenvalue weighted by Crippen LogP contribution is 2.28. The molecule has 1 fully saturated rings. The highest BCUT2D eigenvalue weighted by Gasteiger charge is 2.16. The summed E-state index contributed by atoms with van der Waals surface area (Å²) in [6, 6.07) is 1.84. The van der Waals surface area contributed by atoms with Crippen molar-refractivity contribution >= 4 is 17.4 Å². The topological polar surface area (TPSA) is 56.7 Å². The molecule has 2 N–H and O–H groups in total. The lowest BCUT2D eigenvalue weighted by molar-refractivity contribution is 0.418. The van der Waals surface area contributed by atoms with Gasteiger partial charge in [-0.1, -0.05) is 0 Å². The van der Waals surface area contributed by atoms with E-state index in [9.17, 15) is 0 Å². The average Bonchev–Trinajstić information content (AvgIpc) is 2.88. The van der Waals surface area contributed by atoms with E-state index in [-0.39, 0.29) is 0 Å². The zero-order valence-electron chi connectivity index (χ0n) is 10.8. The van der Waals surface area contributed by atoms with Gasteiger partial charge in [-0.3, -0.25) is 4.98 Å². The van der Waals surface area contributed by atoms with E-state index >= 15 is 0 Å². The minimum atomic E-state index is 0.757. The number of imidazole rings is 1. The van der Waals surface area contributed by atoms with E-state index in [1.165, 1.54) is 24.3 Å². The van der Waals surface area contributed by atoms with Gasteiger partial charge in [0.05, 0.1) is 18.2 Å². The Hall–Kier alpha value is -1.49. The first-order valence-electron chi connectivity index (χ1n) is 6.62. The summed E-state index contributed by atoms with van der Waals surface area (Å²) in [5, 5.41) is 0. The first kappa shape index (κ1) is 12.5. The highest BCUT2D eigenvalue weighted by molar-refractivity contribution is 7.99. The Balaban J connectivity index is 1.84. The van der Waals surface area contributed by atoms with E-state index < -0.39 is 0 Å². The number of pyridine rings is 1. The Bertz CT molecular complexity index is 546. The smallest absolute Gasteiger partial charge is 0.0951 e. The van der Waals surface area contributed by atoms with Crippen molar-refractivity contribution in [3.8, 4) is 11.3 Å². The van der Waals surface area contributed by atoms with Crippen LogP contribution < -0.4 is 5.73 Å². The molecule has 0 amide bonds. The van der Waals surface area contributed by atoms with Gasteiger partial charge in [0.1, 0.15) is 0 Å². The van der Waals surface area contributed by atoms with Crippen LogP contribution in [0.2, 0.25) is 0 Å². The maximum absolute atomic E-state index is 6.03. The molecule has 100 valence electrons. The van der Waals surface area contributed by atoms with Crippen molar-refractivity contribution in [2.24, 2.45) is 5.92 Å². The van der Waals surface area contributed by atoms with Gasteiger partial charge >= 0.3 is 0 Å². The van der Waals surface area contributed by atoms with Gasteiger partial charge in [-0.25, -0.2) is 4.98 Å². The van der Waals surface area contributed by atoms with E-state index in [0.29, 0.717) is 0 Å². The molecule has 0 atom stereocenters. The summed E-state index contributed by atoms with van der Waals surface area (Å²) in [7, 11) is 0. The Kier molecular flexibility index (Phi) is 3.73. The summed E-state index contributed by atoms with van der Waals surface area (Å²) >= 11 is 2.06. The lowest BCUT2D eigenvalue weighted by atomic mass is 10.0. The zero-order chi connectivity index (χ0) is 13.1. The minimum absolute atomic E-state index is 0.757. The third kappa shape index (κ3) is 2.76. The average molecular weight is 274 g/mol. The normalized spacial score (nSPS) is 16.6. The molecule has 0 saturated carbocycles. The van der Waals surface area contributed by atoms with Crippen LogP contribution in [0.25, 0.3) is 11.3 Å². The molecule has 3 rings (SSSR count). The van der Waals surface area contributed by atoms with Crippen LogP contribution >= 0.6 is 11.8 Å². The second kappa shape index (κ2) is 5.65. The van der Waals surface area contributed by atoms with Crippen molar-refractivity contribution in [1.82, 2.24) is 14.5 Å². The Labute approximate surface area is 117 Å². The molecule has 1 saturated heterocycles. The Morgan fingerprint density at radius 3 is 2.89 bits per heavy atom. The molecule has 1 aliphatic heterocycles. The molecule has 0 spiro atoms. The molecule has 0 unspecified atom stereocenters. The number of thioether (sulfide) groups is 1. The summed E-state index contributed by atoms with van der Waals surface area (Å²) < 4.78 is 2.22. The number of hydrogen-bond donors (Lipinski definition) is 1. The van der Waals surface area contributed by atoms with Crippen LogP contribution in [-0.2, 0) is 6.54 Å². The van der Waals surface area contributed by atoms with Gasteiger partial charge in [0.15, 0.2) is 0 Å². The molecule has 3 heterocycles. The Morgan fingerprint density at radius 1 is 1.26 bits per heavy atom. The number of nitrogens with two attached hydrogens (primary N) is 1. The van der Waals surface area contributed by atoms with Crippen molar-refractivity contribution in [3.05, 3.63) is 31.0 Å². The number of aromatic nitrogens is 3. The maximum atomic E-state index is 6.03. The maximum Gasteiger partial charge on any atom is 0.0951 e. The summed E-state index contributed by atoms with van der Waals surface area (Å²) in [6.45, 7) is 1.03. The van der Waals surface area contributed by atoms with Crippen LogP contribution in [-0.4, -0.2) is 26.0 Å². The van der Waals surface area contributed by atoms with Gasteiger partial charge < -0.3 is 10.3 Å². The number of anilines is 1. The van der Waals surface area contributed by atoms with E-state index in [0.717, 1.165) is 29.4 Å². The molecule has 0 aromatic carbocycles. The predicted octanol–water partition coefficient (Wildman–Crippen LogP) is 2.67. The minimum Gasteiger partial charge on any atom is -0.398 e. The molecule has 0 aliphatic carbocycles. The van der Waals surface area contributed by atoms with Gasteiger partial charge in [-0.15, -0.1) is 0 Å². The second-order valence-corrected chi connectivity index (χ2v) is 6.17. The fourth-order valence-electron chi connectivity index (χ4n) is 2.52. The molecule has 1 aliphatic rings.